The highest BCUT2D eigenvalue weighted by Gasteiger charge is 2.19. The fraction of sp³-hybridized carbons (Fsp3) is 0.263. The van der Waals surface area contributed by atoms with Gasteiger partial charge in [-0.1, -0.05) is 41.9 Å². The Bertz CT molecular complexity index is 754. The molecule has 0 aliphatic rings. The van der Waals surface area contributed by atoms with Crippen LogP contribution in [0.25, 0.3) is 0 Å². The number of amides is 2. The van der Waals surface area contributed by atoms with Crippen molar-refractivity contribution in [2.75, 3.05) is 31.0 Å². The lowest BCUT2D eigenvalue weighted by atomic mass is 10.1. The summed E-state index contributed by atoms with van der Waals surface area (Å²) < 4.78 is 5.10. The molecule has 0 heterocycles. The maximum absolute atomic E-state index is 12.2. The van der Waals surface area contributed by atoms with Crippen LogP contribution in [-0.2, 0) is 16.0 Å². The van der Waals surface area contributed by atoms with Crippen LogP contribution in [0.1, 0.15) is 5.56 Å². The molecule has 0 bridgehead atoms. The zero-order chi connectivity index (χ0) is 18.9. The molecule has 0 saturated heterocycles. The molecule has 0 aliphatic heterocycles. The summed E-state index contributed by atoms with van der Waals surface area (Å²) in [5, 5.41) is 3.16. The third kappa shape index (κ3) is 5.64. The van der Waals surface area contributed by atoms with E-state index < -0.39 is 0 Å². The molecule has 2 aromatic rings. The van der Waals surface area contributed by atoms with Gasteiger partial charge in [-0.2, -0.15) is 0 Å². The highest BCUT2D eigenvalue weighted by molar-refractivity contribution is 6.32. The van der Waals surface area contributed by atoms with Gasteiger partial charge in [0.1, 0.15) is 18.2 Å². The number of hydrogen-bond acceptors (Lipinski definition) is 3. The summed E-state index contributed by atoms with van der Waals surface area (Å²) in [5.74, 6) is -0.403. The van der Waals surface area contributed by atoms with E-state index in [0.717, 1.165) is 5.56 Å². The van der Waals surface area contributed by atoms with Crippen molar-refractivity contribution in [3.63, 3.8) is 0 Å². The summed E-state index contributed by atoms with van der Waals surface area (Å²) in [7, 11) is 1.50. The Labute approximate surface area is 162 Å². The average molecular weight is 395 g/mol. The van der Waals surface area contributed by atoms with Crippen LogP contribution in [0.4, 0.5) is 5.69 Å². The Kier molecular flexibility index (Phi) is 7.75. The van der Waals surface area contributed by atoms with Crippen LogP contribution in [0.3, 0.4) is 0 Å². The van der Waals surface area contributed by atoms with E-state index in [1.165, 1.54) is 12.0 Å². The van der Waals surface area contributed by atoms with Gasteiger partial charge >= 0.3 is 0 Å². The summed E-state index contributed by atoms with van der Waals surface area (Å²) in [5.41, 5.74) is 1.61. The van der Waals surface area contributed by atoms with Gasteiger partial charge < -0.3 is 15.0 Å². The molecule has 138 valence electrons. The average Bonchev–Trinajstić information content (AvgIpc) is 2.66. The van der Waals surface area contributed by atoms with Crippen LogP contribution < -0.4 is 15.0 Å². The number of halogens is 2. The largest absolute Gasteiger partial charge is 0.495 e. The number of carbonyl (C=O) groups excluding carboxylic acids is 2. The molecule has 0 atom stereocenters. The highest BCUT2D eigenvalue weighted by Crippen LogP contribution is 2.29. The lowest BCUT2D eigenvalue weighted by Crippen LogP contribution is -2.42. The number of nitrogens with zero attached hydrogens (tertiary/aromatic N) is 1. The Morgan fingerprint density at radius 1 is 1.15 bits per heavy atom. The normalized spacial score (nSPS) is 10.3. The summed E-state index contributed by atoms with van der Waals surface area (Å²) in [6.45, 7) is 0.345. The van der Waals surface area contributed by atoms with Crippen molar-refractivity contribution in [2.45, 2.75) is 6.42 Å². The predicted octanol–water partition coefficient (Wildman–Crippen LogP) is 3.28. The molecule has 0 aliphatic carbocycles. The highest BCUT2D eigenvalue weighted by atomic mass is 35.5. The van der Waals surface area contributed by atoms with Crippen molar-refractivity contribution in [1.82, 2.24) is 5.32 Å². The van der Waals surface area contributed by atoms with Crippen molar-refractivity contribution in [1.29, 1.82) is 0 Å². The van der Waals surface area contributed by atoms with Crippen LogP contribution in [-0.4, -0.2) is 37.9 Å². The third-order valence-corrected chi connectivity index (χ3v) is 4.27. The quantitative estimate of drug-likeness (QED) is 0.698. The zero-order valence-electron chi connectivity index (χ0n) is 14.4. The first kappa shape index (κ1) is 20.1. The summed E-state index contributed by atoms with van der Waals surface area (Å²) in [6.07, 6.45) is 0.713. The first-order chi connectivity index (χ1) is 12.5. The fourth-order valence-corrected chi connectivity index (χ4v) is 2.81. The minimum absolute atomic E-state index is 0.136. The van der Waals surface area contributed by atoms with Gasteiger partial charge in [0.25, 0.3) is 0 Å². The van der Waals surface area contributed by atoms with Crippen molar-refractivity contribution in [3.05, 3.63) is 59.1 Å². The van der Waals surface area contributed by atoms with Crippen molar-refractivity contribution < 1.29 is 14.3 Å². The lowest BCUT2D eigenvalue weighted by molar-refractivity contribution is -0.122. The second-order valence-corrected chi connectivity index (χ2v) is 6.19. The minimum Gasteiger partial charge on any atom is -0.495 e. The molecule has 2 rings (SSSR count). The molecule has 0 aromatic heterocycles. The number of nitrogens with one attached hydrogen (secondary N) is 1. The fourth-order valence-electron chi connectivity index (χ4n) is 2.41. The Morgan fingerprint density at radius 2 is 1.88 bits per heavy atom. The van der Waals surface area contributed by atoms with E-state index in [1.807, 2.05) is 30.3 Å². The summed E-state index contributed by atoms with van der Waals surface area (Å²) in [6, 6.07) is 14.7. The van der Waals surface area contributed by atoms with E-state index in [1.54, 1.807) is 18.2 Å². The lowest BCUT2D eigenvalue weighted by Gasteiger charge is -2.22. The molecule has 0 spiro atoms. The molecule has 26 heavy (non-hydrogen) atoms. The number of methoxy groups -OCH3 is 1. The van der Waals surface area contributed by atoms with Crippen molar-refractivity contribution >= 4 is 40.7 Å². The summed E-state index contributed by atoms with van der Waals surface area (Å²) >= 11 is 11.8. The number of anilines is 1. The van der Waals surface area contributed by atoms with E-state index in [9.17, 15) is 9.59 Å². The Morgan fingerprint density at radius 3 is 2.50 bits per heavy atom. The number of ether oxygens (including phenoxy) is 1. The van der Waals surface area contributed by atoms with Gasteiger partial charge in [-0.3, -0.25) is 9.59 Å². The molecule has 2 aromatic carbocycles. The van der Waals surface area contributed by atoms with Gasteiger partial charge in [-0.25, -0.2) is 0 Å². The molecule has 2 amide bonds. The van der Waals surface area contributed by atoms with Crippen LogP contribution >= 0.6 is 23.2 Å². The van der Waals surface area contributed by atoms with Gasteiger partial charge in [-0.05, 0) is 30.2 Å². The molecular weight excluding hydrogens is 375 g/mol. The maximum atomic E-state index is 12.2. The van der Waals surface area contributed by atoms with E-state index in [0.29, 0.717) is 29.4 Å². The monoisotopic (exact) mass is 394 g/mol. The molecule has 0 unspecified atom stereocenters. The second-order valence-electron chi connectivity index (χ2n) is 5.52. The number of hydrogen-bond donors (Lipinski definition) is 1. The molecule has 1 N–H and O–H groups in total. The smallest absolute Gasteiger partial charge is 0.242 e. The predicted molar refractivity (Wildman–Crippen MR) is 104 cm³/mol. The van der Waals surface area contributed by atoms with Gasteiger partial charge in [-0.15, -0.1) is 11.6 Å². The van der Waals surface area contributed by atoms with Crippen LogP contribution in [0, 0.1) is 0 Å². The SMILES string of the molecule is COc1ccc(N(CC(=O)NCCc2ccccc2)C(=O)CCl)cc1Cl. The van der Waals surface area contributed by atoms with Gasteiger partial charge in [0.15, 0.2) is 0 Å². The third-order valence-electron chi connectivity index (χ3n) is 3.74. The van der Waals surface area contributed by atoms with E-state index in [-0.39, 0.29) is 24.2 Å². The molecule has 7 heteroatoms. The van der Waals surface area contributed by atoms with Gasteiger partial charge in [0.2, 0.25) is 11.8 Å². The topological polar surface area (TPSA) is 58.6 Å². The molecule has 0 fully saturated rings. The van der Waals surface area contributed by atoms with Crippen molar-refractivity contribution in [3.8, 4) is 5.75 Å². The van der Waals surface area contributed by atoms with Crippen LogP contribution in [0.5, 0.6) is 5.75 Å². The number of carbonyl (C=O) groups is 2. The molecule has 0 saturated carbocycles. The Balaban J connectivity index is 1.99. The molecular formula is C19H20Cl2N2O3. The van der Waals surface area contributed by atoms with Crippen LogP contribution in [0.2, 0.25) is 5.02 Å². The summed E-state index contributed by atoms with van der Waals surface area (Å²) in [4.78, 5) is 25.7. The maximum Gasteiger partial charge on any atom is 0.242 e. The molecule has 5 nitrogen and oxygen atoms in total. The number of alkyl halides is 1. The van der Waals surface area contributed by atoms with Crippen molar-refractivity contribution in [2.24, 2.45) is 0 Å². The van der Waals surface area contributed by atoms with Crippen LogP contribution in [0.15, 0.2) is 48.5 Å². The van der Waals surface area contributed by atoms with E-state index in [4.69, 9.17) is 27.9 Å². The minimum atomic E-state index is -0.383. The van der Waals surface area contributed by atoms with E-state index in [2.05, 4.69) is 5.32 Å². The Hall–Kier alpha value is -2.24. The van der Waals surface area contributed by atoms with Gasteiger partial charge in [0, 0.05) is 12.2 Å². The second kappa shape index (κ2) is 10.0. The first-order valence-corrected chi connectivity index (χ1v) is 8.97. The zero-order valence-corrected chi connectivity index (χ0v) is 15.9. The van der Waals surface area contributed by atoms with Gasteiger partial charge in [0.05, 0.1) is 12.1 Å². The molecule has 0 radical (unpaired) electrons. The number of rotatable bonds is 8. The number of benzene rings is 2. The van der Waals surface area contributed by atoms with E-state index >= 15 is 0 Å². The standard InChI is InChI=1S/C19H20Cl2N2O3/c1-26-17-8-7-15(11-16(17)21)23(19(25)12-20)13-18(24)22-10-9-14-5-3-2-4-6-14/h2-8,11H,9-10,12-13H2,1H3,(H,22,24). The first-order valence-electron chi connectivity index (χ1n) is 8.05.